The molecular formula is C12H17BrN2O. The number of halogens is 1. The Kier molecular flexibility index (Phi) is 4.62. The summed E-state index contributed by atoms with van der Waals surface area (Å²) in [6, 6.07) is 3.75. The third-order valence-corrected chi connectivity index (χ3v) is 2.68. The lowest BCUT2D eigenvalue weighted by Crippen LogP contribution is -2.32. The highest BCUT2D eigenvalue weighted by atomic mass is 79.9. The second kappa shape index (κ2) is 5.55. The van der Waals surface area contributed by atoms with Crippen molar-refractivity contribution in [1.82, 2.24) is 4.98 Å². The minimum Gasteiger partial charge on any atom is -0.326 e. The molecule has 4 heteroatoms. The van der Waals surface area contributed by atoms with E-state index in [4.69, 9.17) is 5.73 Å². The van der Waals surface area contributed by atoms with Gasteiger partial charge in [0.15, 0.2) is 0 Å². The Balaban J connectivity index is 2.43. The van der Waals surface area contributed by atoms with Crippen molar-refractivity contribution in [3.63, 3.8) is 0 Å². The molecule has 3 nitrogen and oxygen atoms in total. The number of hydrogen-bond acceptors (Lipinski definition) is 3. The molecule has 0 saturated heterocycles. The molecular weight excluding hydrogens is 268 g/mol. The van der Waals surface area contributed by atoms with Gasteiger partial charge in [0.2, 0.25) is 0 Å². The third-order valence-electron chi connectivity index (χ3n) is 2.22. The molecule has 0 aromatic carbocycles. The van der Waals surface area contributed by atoms with Gasteiger partial charge in [0.05, 0.1) is 0 Å². The van der Waals surface area contributed by atoms with Gasteiger partial charge >= 0.3 is 0 Å². The SMILES string of the molecule is CC(C)(N)CCC(=O)Cc1ccc(Br)cn1. The molecule has 0 radical (unpaired) electrons. The van der Waals surface area contributed by atoms with Crippen molar-refractivity contribution < 1.29 is 4.79 Å². The minimum absolute atomic E-state index is 0.188. The molecule has 16 heavy (non-hydrogen) atoms. The Hall–Kier alpha value is -0.740. The quantitative estimate of drug-likeness (QED) is 0.904. The van der Waals surface area contributed by atoms with Crippen LogP contribution < -0.4 is 5.73 Å². The van der Waals surface area contributed by atoms with Crippen LogP contribution in [0.25, 0.3) is 0 Å². The number of ketones is 1. The third kappa shape index (κ3) is 5.37. The second-order valence-corrected chi connectivity index (χ2v) is 5.59. The second-order valence-electron chi connectivity index (χ2n) is 4.67. The van der Waals surface area contributed by atoms with Crippen molar-refractivity contribution in [1.29, 1.82) is 0 Å². The minimum atomic E-state index is -0.275. The van der Waals surface area contributed by atoms with Gasteiger partial charge in [0.1, 0.15) is 5.78 Å². The fraction of sp³-hybridized carbons (Fsp3) is 0.500. The van der Waals surface area contributed by atoms with Crippen molar-refractivity contribution in [2.24, 2.45) is 5.73 Å². The lowest BCUT2D eigenvalue weighted by molar-refractivity contribution is -0.118. The summed E-state index contributed by atoms with van der Waals surface area (Å²) < 4.78 is 0.923. The molecule has 2 N–H and O–H groups in total. The number of Topliss-reactive ketones (excluding diaryl/α,β-unsaturated/α-hetero) is 1. The van der Waals surface area contributed by atoms with Crippen molar-refractivity contribution in [3.05, 3.63) is 28.5 Å². The number of hydrogen-bond donors (Lipinski definition) is 1. The zero-order valence-electron chi connectivity index (χ0n) is 9.66. The van der Waals surface area contributed by atoms with Crippen LogP contribution in [0.3, 0.4) is 0 Å². The van der Waals surface area contributed by atoms with Crippen LogP contribution in [0.4, 0.5) is 0 Å². The molecule has 0 unspecified atom stereocenters. The van der Waals surface area contributed by atoms with Crippen molar-refractivity contribution >= 4 is 21.7 Å². The molecule has 88 valence electrons. The molecule has 0 aliphatic carbocycles. The molecule has 1 aromatic heterocycles. The number of nitrogens with zero attached hydrogens (tertiary/aromatic N) is 1. The van der Waals surface area contributed by atoms with E-state index in [2.05, 4.69) is 20.9 Å². The van der Waals surface area contributed by atoms with Crippen LogP contribution in [0.5, 0.6) is 0 Å². The Morgan fingerprint density at radius 1 is 1.50 bits per heavy atom. The number of carbonyl (C=O) groups excluding carboxylic acids is 1. The summed E-state index contributed by atoms with van der Waals surface area (Å²) in [5, 5.41) is 0. The highest BCUT2D eigenvalue weighted by Crippen LogP contribution is 2.11. The number of pyridine rings is 1. The highest BCUT2D eigenvalue weighted by molar-refractivity contribution is 9.10. The maximum absolute atomic E-state index is 11.6. The molecule has 0 fully saturated rings. The van der Waals surface area contributed by atoms with Gasteiger partial charge in [-0.1, -0.05) is 0 Å². The first-order valence-corrected chi connectivity index (χ1v) is 6.07. The van der Waals surface area contributed by atoms with Crippen LogP contribution in [0.1, 0.15) is 32.4 Å². The van der Waals surface area contributed by atoms with Crippen LogP contribution in [-0.2, 0) is 11.2 Å². The van der Waals surface area contributed by atoms with Crippen molar-refractivity contribution in [2.75, 3.05) is 0 Å². The number of aromatic nitrogens is 1. The summed E-state index contributed by atoms with van der Waals surface area (Å²) in [6.07, 6.45) is 3.32. The van der Waals surface area contributed by atoms with Gasteiger partial charge < -0.3 is 5.73 Å². The van der Waals surface area contributed by atoms with Crippen LogP contribution in [0, 0.1) is 0 Å². The molecule has 0 amide bonds. The molecule has 1 heterocycles. The van der Waals surface area contributed by atoms with E-state index in [1.807, 2.05) is 26.0 Å². The monoisotopic (exact) mass is 284 g/mol. The predicted octanol–water partition coefficient (Wildman–Crippen LogP) is 2.47. The zero-order valence-corrected chi connectivity index (χ0v) is 11.3. The summed E-state index contributed by atoms with van der Waals surface area (Å²) in [5.41, 5.74) is 6.36. The van der Waals surface area contributed by atoms with Gasteiger partial charge in [-0.2, -0.15) is 0 Å². The molecule has 1 aromatic rings. The summed E-state index contributed by atoms with van der Waals surface area (Å²) in [6.45, 7) is 3.86. The molecule has 1 rings (SSSR count). The van der Waals surface area contributed by atoms with Gasteiger partial charge in [-0.25, -0.2) is 0 Å². The van der Waals surface area contributed by atoms with E-state index in [1.165, 1.54) is 0 Å². The molecule has 0 saturated carbocycles. The Bertz CT molecular complexity index is 354. The van der Waals surface area contributed by atoms with Crippen LogP contribution in [0.15, 0.2) is 22.8 Å². The van der Waals surface area contributed by atoms with Crippen LogP contribution >= 0.6 is 15.9 Å². The highest BCUT2D eigenvalue weighted by Gasteiger charge is 2.13. The number of carbonyl (C=O) groups is 1. The number of nitrogens with two attached hydrogens (primary N) is 1. The fourth-order valence-electron chi connectivity index (χ4n) is 1.26. The van der Waals surface area contributed by atoms with E-state index in [9.17, 15) is 4.79 Å². The first-order valence-electron chi connectivity index (χ1n) is 5.28. The molecule has 0 aliphatic rings. The van der Waals surface area contributed by atoms with Crippen LogP contribution in [-0.4, -0.2) is 16.3 Å². The largest absolute Gasteiger partial charge is 0.326 e. The first-order chi connectivity index (χ1) is 7.37. The standard InChI is InChI=1S/C12H17BrN2O/c1-12(2,14)6-5-11(16)7-10-4-3-9(13)8-15-10/h3-4,8H,5-7,14H2,1-2H3. The van der Waals surface area contributed by atoms with Gasteiger partial charge in [0.25, 0.3) is 0 Å². The summed E-state index contributed by atoms with van der Waals surface area (Å²) >= 11 is 3.30. The van der Waals surface area contributed by atoms with E-state index in [1.54, 1.807) is 6.20 Å². The maximum atomic E-state index is 11.6. The average molecular weight is 285 g/mol. The lowest BCUT2D eigenvalue weighted by atomic mass is 9.97. The maximum Gasteiger partial charge on any atom is 0.138 e. The van der Waals surface area contributed by atoms with Crippen molar-refractivity contribution in [2.45, 2.75) is 38.6 Å². The Morgan fingerprint density at radius 2 is 2.19 bits per heavy atom. The number of rotatable bonds is 5. The molecule has 0 spiro atoms. The Labute approximate surface area is 105 Å². The van der Waals surface area contributed by atoms with E-state index < -0.39 is 0 Å². The van der Waals surface area contributed by atoms with Gasteiger partial charge in [-0.3, -0.25) is 9.78 Å². The summed E-state index contributed by atoms with van der Waals surface area (Å²) in [4.78, 5) is 15.8. The first kappa shape index (κ1) is 13.3. The van der Waals surface area contributed by atoms with Gasteiger partial charge in [-0.05, 0) is 48.3 Å². The normalized spacial score (nSPS) is 11.5. The van der Waals surface area contributed by atoms with E-state index in [-0.39, 0.29) is 11.3 Å². The average Bonchev–Trinajstić information content (AvgIpc) is 2.18. The smallest absolute Gasteiger partial charge is 0.138 e. The van der Waals surface area contributed by atoms with Gasteiger partial charge in [-0.15, -0.1) is 0 Å². The zero-order chi connectivity index (χ0) is 12.2. The fourth-order valence-corrected chi connectivity index (χ4v) is 1.50. The van der Waals surface area contributed by atoms with Crippen LogP contribution in [0.2, 0.25) is 0 Å². The lowest BCUT2D eigenvalue weighted by Gasteiger charge is -2.17. The molecule has 0 bridgehead atoms. The molecule has 0 atom stereocenters. The predicted molar refractivity (Wildman–Crippen MR) is 68.1 cm³/mol. The van der Waals surface area contributed by atoms with E-state index in [0.717, 1.165) is 10.2 Å². The Morgan fingerprint density at radius 3 is 2.69 bits per heavy atom. The van der Waals surface area contributed by atoms with E-state index >= 15 is 0 Å². The van der Waals surface area contributed by atoms with E-state index in [0.29, 0.717) is 19.3 Å². The topological polar surface area (TPSA) is 56.0 Å². The molecule has 0 aliphatic heterocycles. The summed E-state index contributed by atoms with van der Waals surface area (Å²) in [7, 11) is 0. The summed E-state index contributed by atoms with van der Waals surface area (Å²) in [5.74, 6) is 0.188. The van der Waals surface area contributed by atoms with Gasteiger partial charge in [0, 0.05) is 34.7 Å². The van der Waals surface area contributed by atoms with Crippen molar-refractivity contribution in [3.8, 4) is 0 Å².